The molecule has 0 bridgehead atoms. The van der Waals surface area contributed by atoms with Crippen LogP contribution in [0.5, 0.6) is 0 Å². The Morgan fingerprint density at radius 3 is 2.48 bits per heavy atom. The van der Waals surface area contributed by atoms with Gasteiger partial charge in [-0.2, -0.15) is 0 Å². The average molecular weight is 429 g/mol. The van der Waals surface area contributed by atoms with Gasteiger partial charge < -0.3 is 21.5 Å². The molecule has 31 heavy (non-hydrogen) atoms. The number of nitrogens with one attached hydrogen (secondary N) is 1. The topological polar surface area (TPSA) is 120 Å². The van der Waals surface area contributed by atoms with Crippen LogP contribution >= 0.6 is 0 Å². The predicted octanol–water partition coefficient (Wildman–Crippen LogP) is 2.70. The number of halogens is 1. The zero-order valence-corrected chi connectivity index (χ0v) is 17.8. The van der Waals surface area contributed by atoms with E-state index in [0.29, 0.717) is 30.5 Å². The Kier molecular flexibility index (Phi) is 8.99. The number of rotatable bonds is 10. The van der Waals surface area contributed by atoms with Crippen molar-refractivity contribution in [2.45, 2.75) is 38.6 Å². The van der Waals surface area contributed by atoms with E-state index in [1.807, 2.05) is 30.3 Å². The minimum absolute atomic E-state index is 0.0358. The van der Waals surface area contributed by atoms with E-state index in [-0.39, 0.29) is 12.6 Å². The van der Waals surface area contributed by atoms with Gasteiger partial charge in [-0.1, -0.05) is 42.5 Å². The molecule has 0 aromatic heterocycles. The molecular weight excluding hydrogens is 399 g/mol. The molecule has 0 spiro atoms. The Bertz CT molecular complexity index is 914. The van der Waals surface area contributed by atoms with Crippen LogP contribution in [0.2, 0.25) is 0 Å². The van der Waals surface area contributed by atoms with Crippen molar-refractivity contribution in [1.82, 2.24) is 5.32 Å². The van der Waals surface area contributed by atoms with Gasteiger partial charge in [-0.05, 0) is 43.9 Å². The maximum Gasteiger partial charge on any atom is 0.328 e. The number of carbonyl (C=O) groups is 2. The highest BCUT2D eigenvalue weighted by molar-refractivity contribution is 5.88. The first-order chi connectivity index (χ1) is 14.8. The third-order valence-corrected chi connectivity index (χ3v) is 4.80. The maximum atomic E-state index is 14.7. The molecule has 1 amide bonds. The second-order valence-electron chi connectivity index (χ2n) is 7.09. The van der Waals surface area contributed by atoms with Crippen molar-refractivity contribution in [1.29, 1.82) is 0 Å². The third kappa shape index (κ3) is 7.09. The Morgan fingerprint density at radius 2 is 1.87 bits per heavy atom. The average Bonchev–Trinajstić information content (AvgIpc) is 2.75. The first kappa shape index (κ1) is 23.9. The molecule has 1 unspecified atom stereocenters. The fourth-order valence-corrected chi connectivity index (χ4v) is 3.10. The van der Waals surface area contributed by atoms with Crippen LogP contribution in [0.15, 0.2) is 53.5 Å². The minimum Gasteiger partial charge on any atom is -0.464 e. The lowest BCUT2D eigenvalue weighted by Crippen LogP contribution is -2.43. The summed E-state index contributed by atoms with van der Waals surface area (Å²) in [6, 6.07) is 13.1. The maximum absolute atomic E-state index is 14.7. The molecule has 8 heteroatoms. The number of benzene rings is 2. The molecule has 0 aliphatic rings. The van der Waals surface area contributed by atoms with E-state index < -0.39 is 29.7 Å². The molecule has 0 fully saturated rings. The first-order valence-corrected chi connectivity index (χ1v) is 10.2. The number of guanidine groups is 1. The summed E-state index contributed by atoms with van der Waals surface area (Å²) < 4.78 is 19.7. The van der Waals surface area contributed by atoms with Gasteiger partial charge in [0.2, 0.25) is 5.91 Å². The van der Waals surface area contributed by atoms with Crippen LogP contribution in [0.4, 0.5) is 4.39 Å². The summed E-state index contributed by atoms with van der Waals surface area (Å²) in [6.07, 6.45) is 0.797. The highest BCUT2D eigenvalue weighted by Gasteiger charge is 2.25. The van der Waals surface area contributed by atoms with Gasteiger partial charge in [0.15, 0.2) is 5.96 Å². The molecule has 166 valence electrons. The van der Waals surface area contributed by atoms with Crippen LogP contribution in [-0.2, 0) is 14.3 Å². The number of aliphatic imine (C=N–C) groups is 1. The quantitative estimate of drug-likeness (QED) is 0.233. The van der Waals surface area contributed by atoms with Crippen LogP contribution in [0.1, 0.15) is 38.2 Å². The van der Waals surface area contributed by atoms with E-state index in [4.69, 9.17) is 16.2 Å². The number of hydrogen-bond acceptors (Lipinski definition) is 4. The summed E-state index contributed by atoms with van der Waals surface area (Å²) in [5.74, 6) is -2.03. The van der Waals surface area contributed by atoms with E-state index in [1.165, 1.54) is 6.07 Å². The molecule has 0 saturated heterocycles. The Balaban J connectivity index is 2.09. The highest BCUT2D eigenvalue weighted by Crippen LogP contribution is 2.26. The lowest BCUT2D eigenvalue weighted by Gasteiger charge is -2.20. The fraction of sp³-hybridized carbons (Fsp3) is 0.348. The summed E-state index contributed by atoms with van der Waals surface area (Å²) in [5, 5.41) is 2.71. The second kappa shape index (κ2) is 11.7. The molecule has 0 aliphatic heterocycles. The van der Waals surface area contributed by atoms with Gasteiger partial charge in [0.05, 0.1) is 12.5 Å². The Hall–Kier alpha value is -3.42. The van der Waals surface area contributed by atoms with Crippen LogP contribution in [-0.4, -0.2) is 37.0 Å². The zero-order chi connectivity index (χ0) is 22.8. The van der Waals surface area contributed by atoms with E-state index in [1.54, 1.807) is 26.0 Å². The molecule has 0 saturated carbocycles. The molecule has 2 rings (SSSR count). The number of nitrogens with zero attached hydrogens (tertiary/aromatic N) is 1. The lowest BCUT2D eigenvalue weighted by molar-refractivity contribution is -0.147. The highest BCUT2D eigenvalue weighted by atomic mass is 19.1. The van der Waals surface area contributed by atoms with Gasteiger partial charge >= 0.3 is 5.97 Å². The normalized spacial score (nSPS) is 12.5. The van der Waals surface area contributed by atoms with Crippen molar-refractivity contribution < 1.29 is 18.7 Å². The van der Waals surface area contributed by atoms with Crippen molar-refractivity contribution in [3.8, 4) is 11.1 Å². The molecular formula is C23H29FN4O3. The van der Waals surface area contributed by atoms with Crippen molar-refractivity contribution in [2.24, 2.45) is 16.5 Å². The summed E-state index contributed by atoms with van der Waals surface area (Å²) in [6.45, 7) is 3.88. The molecule has 2 atom stereocenters. The number of ether oxygens (including phenoxy) is 1. The van der Waals surface area contributed by atoms with Crippen LogP contribution in [0.25, 0.3) is 11.1 Å². The summed E-state index contributed by atoms with van der Waals surface area (Å²) >= 11 is 0. The molecule has 2 aromatic carbocycles. The molecule has 5 N–H and O–H groups in total. The van der Waals surface area contributed by atoms with E-state index in [0.717, 1.165) is 5.56 Å². The largest absolute Gasteiger partial charge is 0.464 e. The van der Waals surface area contributed by atoms with E-state index >= 15 is 0 Å². The molecule has 2 aromatic rings. The Labute approximate surface area is 181 Å². The van der Waals surface area contributed by atoms with Crippen molar-refractivity contribution in [3.05, 3.63) is 59.9 Å². The third-order valence-electron chi connectivity index (χ3n) is 4.80. The first-order valence-electron chi connectivity index (χ1n) is 10.2. The fourth-order valence-electron chi connectivity index (χ4n) is 3.10. The lowest BCUT2D eigenvalue weighted by atomic mass is 9.96. The van der Waals surface area contributed by atoms with Gasteiger partial charge in [-0.15, -0.1) is 0 Å². The van der Waals surface area contributed by atoms with Crippen molar-refractivity contribution >= 4 is 17.8 Å². The minimum atomic E-state index is -0.836. The van der Waals surface area contributed by atoms with Gasteiger partial charge in [0.1, 0.15) is 11.9 Å². The monoisotopic (exact) mass is 428 g/mol. The molecule has 0 heterocycles. The van der Waals surface area contributed by atoms with E-state index in [2.05, 4.69) is 10.3 Å². The number of carbonyl (C=O) groups excluding carboxylic acids is 2. The van der Waals surface area contributed by atoms with Crippen LogP contribution in [0.3, 0.4) is 0 Å². The molecule has 0 radical (unpaired) electrons. The smallest absolute Gasteiger partial charge is 0.328 e. The Morgan fingerprint density at radius 1 is 1.16 bits per heavy atom. The standard InChI is InChI=1S/C23H29FN4O3/c1-3-31-22(30)20(10-7-13-27-23(25)26)28-21(29)15(2)17-11-12-18(19(24)14-17)16-8-5-4-6-9-16/h4-6,8-9,11-12,14-15,20H,3,7,10,13H2,1-2H3,(H,28,29)(H4,25,26,27)/t15?,20-/m0/s1. The van der Waals surface area contributed by atoms with Crippen LogP contribution in [0, 0.1) is 5.82 Å². The number of esters is 1. The van der Waals surface area contributed by atoms with Gasteiger partial charge in [-0.25, -0.2) is 9.18 Å². The van der Waals surface area contributed by atoms with Gasteiger partial charge in [0, 0.05) is 12.1 Å². The van der Waals surface area contributed by atoms with Crippen LogP contribution < -0.4 is 16.8 Å². The predicted molar refractivity (Wildman–Crippen MR) is 119 cm³/mol. The summed E-state index contributed by atoms with van der Waals surface area (Å²) in [5.41, 5.74) is 12.3. The van der Waals surface area contributed by atoms with Gasteiger partial charge in [0.25, 0.3) is 0 Å². The SMILES string of the molecule is CCOC(=O)[C@H](CCCN=C(N)N)NC(=O)C(C)c1ccc(-c2ccccc2)c(F)c1. The van der Waals surface area contributed by atoms with Gasteiger partial charge in [-0.3, -0.25) is 9.79 Å². The van der Waals surface area contributed by atoms with E-state index in [9.17, 15) is 14.0 Å². The number of nitrogens with two attached hydrogens (primary N) is 2. The van der Waals surface area contributed by atoms with Crippen molar-refractivity contribution in [2.75, 3.05) is 13.2 Å². The van der Waals surface area contributed by atoms with Crippen molar-refractivity contribution in [3.63, 3.8) is 0 Å². The molecule has 0 aliphatic carbocycles. The second-order valence-corrected chi connectivity index (χ2v) is 7.09. The zero-order valence-electron chi connectivity index (χ0n) is 17.8. The number of amides is 1. The molecule has 7 nitrogen and oxygen atoms in total. The summed E-state index contributed by atoms with van der Waals surface area (Å²) in [7, 11) is 0. The summed E-state index contributed by atoms with van der Waals surface area (Å²) in [4.78, 5) is 28.9. The number of hydrogen-bond donors (Lipinski definition) is 3.